The van der Waals surface area contributed by atoms with Crippen molar-refractivity contribution < 1.29 is 4.79 Å². The molecule has 3 heterocycles. The second-order valence-corrected chi connectivity index (χ2v) is 8.46. The minimum Gasteiger partial charge on any atom is -0.330 e. The summed E-state index contributed by atoms with van der Waals surface area (Å²) >= 11 is 1.57. The quantitative estimate of drug-likeness (QED) is 0.830. The molecule has 1 aliphatic carbocycles. The molecule has 7 heteroatoms. The van der Waals surface area contributed by atoms with Gasteiger partial charge in [0.05, 0.1) is 23.0 Å². The standard InChI is InChI=1S/C19H27N5OS/c1-3-16-13-26-18(21-16)24-12-15(11-20-24)17(25)23-10-9-22(2)14-19(23)7-5-4-6-8-19/h11-13H,3-10,14H2,1-2H3. The van der Waals surface area contributed by atoms with Crippen LogP contribution in [0.25, 0.3) is 5.13 Å². The second-order valence-electron chi connectivity index (χ2n) is 7.63. The Kier molecular flexibility index (Phi) is 4.84. The summed E-state index contributed by atoms with van der Waals surface area (Å²) in [6.45, 7) is 4.82. The van der Waals surface area contributed by atoms with Gasteiger partial charge in [-0.2, -0.15) is 5.10 Å². The first-order valence-electron chi connectivity index (χ1n) is 9.61. The first-order valence-corrected chi connectivity index (χ1v) is 10.5. The Balaban J connectivity index is 1.58. The molecular weight excluding hydrogens is 346 g/mol. The monoisotopic (exact) mass is 373 g/mol. The molecule has 0 bridgehead atoms. The van der Waals surface area contributed by atoms with Gasteiger partial charge < -0.3 is 9.80 Å². The van der Waals surface area contributed by atoms with Crippen molar-refractivity contribution in [2.45, 2.75) is 51.0 Å². The number of thiazole rings is 1. The number of rotatable bonds is 3. The van der Waals surface area contributed by atoms with E-state index in [0.717, 1.165) is 49.7 Å². The summed E-state index contributed by atoms with van der Waals surface area (Å²) in [5, 5.41) is 7.28. The van der Waals surface area contributed by atoms with Gasteiger partial charge in [0.2, 0.25) is 5.13 Å². The normalized spacial score (nSPS) is 20.6. The summed E-state index contributed by atoms with van der Waals surface area (Å²) < 4.78 is 1.74. The smallest absolute Gasteiger partial charge is 0.257 e. The van der Waals surface area contributed by atoms with Crippen LogP contribution in [0.1, 0.15) is 55.1 Å². The van der Waals surface area contributed by atoms with E-state index in [1.54, 1.807) is 22.2 Å². The largest absolute Gasteiger partial charge is 0.330 e. The highest BCUT2D eigenvalue weighted by molar-refractivity contribution is 7.12. The van der Waals surface area contributed by atoms with Crippen molar-refractivity contribution in [3.63, 3.8) is 0 Å². The zero-order valence-electron chi connectivity index (χ0n) is 15.6. The molecule has 0 N–H and O–H groups in total. The molecular formula is C19H27N5OS. The second kappa shape index (κ2) is 7.12. The molecule has 26 heavy (non-hydrogen) atoms. The molecule has 0 atom stereocenters. The summed E-state index contributed by atoms with van der Waals surface area (Å²) in [5.41, 5.74) is 1.74. The number of aromatic nitrogens is 3. The maximum absolute atomic E-state index is 13.3. The average Bonchev–Trinajstić information content (AvgIpc) is 3.31. The van der Waals surface area contributed by atoms with Crippen LogP contribution in [0.5, 0.6) is 0 Å². The van der Waals surface area contributed by atoms with Crippen molar-refractivity contribution in [1.29, 1.82) is 0 Å². The number of carbonyl (C=O) groups excluding carboxylic acids is 1. The molecule has 1 aliphatic heterocycles. The molecule has 2 aliphatic rings. The van der Waals surface area contributed by atoms with Crippen LogP contribution < -0.4 is 0 Å². The lowest BCUT2D eigenvalue weighted by Gasteiger charge is -2.52. The average molecular weight is 374 g/mol. The van der Waals surface area contributed by atoms with Crippen LogP contribution >= 0.6 is 11.3 Å². The van der Waals surface area contributed by atoms with Crippen molar-refractivity contribution in [2.75, 3.05) is 26.7 Å². The predicted molar refractivity (Wildman–Crippen MR) is 103 cm³/mol. The number of piperazine rings is 1. The van der Waals surface area contributed by atoms with Crippen LogP contribution in [-0.2, 0) is 6.42 Å². The lowest BCUT2D eigenvalue weighted by atomic mass is 9.78. The fourth-order valence-corrected chi connectivity index (χ4v) is 5.23. The van der Waals surface area contributed by atoms with E-state index in [9.17, 15) is 4.79 Å². The summed E-state index contributed by atoms with van der Waals surface area (Å²) in [7, 11) is 2.17. The van der Waals surface area contributed by atoms with Gasteiger partial charge in [0.1, 0.15) is 0 Å². The first kappa shape index (κ1) is 17.7. The number of nitrogens with zero attached hydrogens (tertiary/aromatic N) is 5. The molecule has 2 fully saturated rings. The van der Waals surface area contributed by atoms with Gasteiger partial charge in [-0.3, -0.25) is 4.79 Å². The Bertz CT molecular complexity index is 776. The molecule has 2 aromatic rings. The van der Waals surface area contributed by atoms with E-state index in [2.05, 4.69) is 39.2 Å². The Morgan fingerprint density at radius 3 is 2.81 bits per heavy atom. The van der Waals surface area contributed by atoms with Crippen molar-refractivity contribution >= 4 is 17.2 Å². The molecule has 0 radical (unpaired) electrons. The molecule has 6 nitrogen and oxygen atoms in total. The van der Waals surface area contributed by atoms with Gasteiger partial charge in [-0.25, -0.2) is 9.67 Å². The van der Waals surface area contributed by atoms with E-state index < -0.39 is 0 Å². The fraction of sp³-hybridized carbons (Fsp3) is 0.632. The highest BCUT2D eigenvalue weighted by atomic mass is 32.1. The van der Waals surface area contributed by atoms with Crippen molar-refractivity contribution in [3.05, 3.63) is 29.0 Å². The Labute approximate surface area is 158 Å². The molecule has 140 valence electrons. The number of aryl methyl sites for hydroxylation is 1. The maximum atomic E-state index is 13.3. The lowest BCUT2D eigenvalue weighted by molar-refractivity contribution is -0.00778. The van der Waals surface area contributed by atoms with Crippen molar-refractivity contribution in [3.8, 4) is 5.13 Å². The van der Waals surface area contributed by atoms with E-state index in [1.165, 1.54) is 19.3 Å². The van der Waals surface area contributed by atoms with Crippen LogP contribution in [0.4, 0.5) is 0 Å². The maximum Gasteiger partial charge on any atom is 0.257 e. The van der Waals surface area contributed by atoms with E-state index in [-0.39, 0.29) is 11.4 Å². The fourth-order valence-electron chi connectivity index (χ4n) is 4.39. The Hall–Kier alpha value is -1.73. The van der Waals surface area contributed by atoms with Gasteiger partial charge in [0, 0.05) is 31.2 Å². The molecule has 0 unspecified atom stereocenters. The minimum absolute atomic E-state index is 0.000988. The van der Waals surface area contributed by atoms with Gasteiger partial charge in [-0.15, -0.1) is 11.3 Å². The lowest BCUT2D eigenvalue weighted by Crippen LogP contribution is -2.63. The number of hydrogen-bond acceptors (Lipinski definition) is 5. The predicted octanol–water partition coefficient (Wildman–Crippen LogP) is 2.98. The third kappa shape index (κ3) is 3.18. The van der Waals surface area contributed by atoms with Crippen LogP contribution in [0.3, 0.4) is 0 Å². The summed E-state index contributed by atoms with van der Waals surface area (Å²) in [6.07, 6.45) is 10.4. The number of likely N-dealkylation sites (N-methyl/N-ethyl adjacent to an activating group) is 1. The molecule has 1 saturated carbocycles. The highest BCUT2D eigenvalue weighted by Gasteiger charge is 2.44. The number of hydrogen-bond donors (Lipinski definition) is 0. The van der Waals surface area contributed by atoms with E-state index in [4.69, 9.17) is 0 Å². The van der Waals surface area contributed by atoms with Crippen molar-refractivity contribution in [2.24, 2.45) is 0 Å². The van der Waals surface area contributed by atoms with Gasteiger partial charge in [-0.1, -0.05) is 26.2 Å². The van der Waals surface area contributed by atoms with Gasteiger partial charge in [0.15, 0.2) is 0 Å². The third-order valence-corrected chi connectivity index (χ3v) is 6.68. The van der Waals surface area contributed by atoms with Gasteiger partial charge in [-0.05, 0) is 26.3 Å². The van der Waals surface area contributed by atoms with Crippen LogP contribution in [0, 0.1) is 0 Å². The van der Waals surface area contributed by atoms with E-state index in [0.29, 0.717) is 5.56 Å². The third-order valence-electron chi connectivity index (χ3n) is 5.80. The molecule has 1 spiro atoms. The van der Waals surface area contributed by atoms with Crippen LogP contribution in [0.2, 0.25) is 0 Å². The van der Waals surface area contributed by atoms with E-state index in [1.807, 2.05) is 6.20 Å². The van der Waals surface area contributed by atoms with E-state index >= 15 is 0 Å². The Morgan fingerprint density at radius 1 is 1.27 bits per heavy atom. The van der Waals surface area contributed by atoms with Gasteiger partial charge >= 0.3 is 0 Å². The summed E-state index contributed by atoms with van der Waals surface area (Å²) in [4.78, 5) is 22.4. The topological polar surface area (TPSA) is 54.3 Å². The molecule has 1 amide bonds. The molecule has 2 aromatic heterocycles. The Morgan fingerprint density at radius 2 is 2.08 bits per heavy atom. The van der Waals surface area contributed by atoms with Gasteiger partial charge in [0.25, 0.3) is 5.91 Å². The number of amides is 1. The van der Waals surface area contributed by atoms with Crippen LogP contribution in [-0.4, -0.2) is 62.7 Å². The highest BCUT2D eigenvalue weighted by Crippen LogP contribution is 2.37. The number of carbonyl (C=O) groups is 1. The van der Waals surface area contributed by atoms with Crippen LogP contribution in [0.15, 0.2) is 17.8 Å². The summed E-state index contributed by atoms with van der Waals surface area (Å²) in [5.74, 6) is 0.124. The molecule has 0 aromatic carbocycles. The first-order chi connectivity index (χ1) is 12.6. The summed E-state index contributed by atoms with van der Waals surface area (Å²) in [6, 6.07) is 0. The molecule has 4 rings (SSSR count). The molecule has 1 saturated heterocycles. The zero-order valence-corrected chi connectivity index (χ0v) is 16.5. The zero-order chi connectivity index (χ0) is 18.1. The minimum atomic E-state index is 0.000988. The van der Waals surface area contributed by atoms with Crippen molar-refractivity contribution in [1.82, 2.24) is 24.6 Å². The SMILES string of the molecule is CCc1csc(-n2cc(C(=O)N3CCN(C)CC34CCCCC4)cn2)n1.